The van der Waals surface area contributed by atoms with Gasteiger partial charge in [0.1, 0.15) is 0 Å². The lowest BCUT2D eigenvalue weighted by atomic mass is 10.1. The first-order valence-corrected chi connectivity index (χ1v) is 6.71. The van der Waals surface area contributed by atoms with Crippen LogP contribution in [-0.4, -0.2) is 25.0 Å². The molecule has 1 heterocycles. The Hall–Kier alpha value is -1.26. The second kappa shape index (κ2) is 5.80. The largest absolute Gasteiger partial charge is 0.466 e. The van der Waals surface area contributed by atoms with Crippen molar-refractivity contribution in [2.45, 2.75) is 13.3 Å². The maximum atomic E-state index is 12.0. The van der Waals surface area contributed by atoms with Crippen molar-refractivity contribution in [3.63, 3.8) is 0 Å². The molecule has 0 bridgehead atoms. The van der Waals surface area contributed by atoms with E-state index < -0.39 is 5.92 Å². The number of hydrogen-bond acceptors (Lipinski definition) is 3. The molecule has 2 rings (SSSR count). The zero-order valence-corrected chi connectivity index (χ0v) is 11.9. The average molecular weight is 302 g/mol. The third-order valence-corrected chi connectivity index (χ3v) is 3.78. The topological polar surface area (TPSA) is 46.6 Å². The summed E-state index contributed by atoms with van der Waals surface area (Å²) in [5, 5.41) is 0.702. The monoisotopic (exact) mass is 301 g/mol. The van der Waals surface area contributed by atoms with Crippen LogP contribution in [0.5, 0.6) is 0 Å². The molecule has 0 unspecified atom stereocenters. The van der Waals surface area contributed by atoms with E-state index in [1.54, 1.807) is 25.1 Å². The number of anilines is 1. The number of ether oxygens (including phenoxy) is 1. The molecule has 0 radical (unpaired) electrons. The highest BCUT2D eigenvalue weighted by Gasteiger charge is 2.36. The minimum absolute atomic E-state index is 0.141. The van der Waals surface area contributed by atoms with Crippen LogP contribution in [0.1, 0.15) is 13.3 Å². The molecule has 6 heteroatoms. The van der Waals surface area contributed by atoms with Crippen molar-refractivity contribution >= 4 is 40.8 Å². The summed E-state index contributed by atoms with van der Waals surface area (Å²) in [5.74, 6) is -0.943. The third kappa shape index (κ3) is 2.85. The van der Waals surface area contributed by atoms with Gasteiger partial charge in [-0.1, -0.05) is 29.3 Å². The van der Waals surface area contributed by atoms with E-state index in [1.807, 2.05) is 0 Å². The molecule has 0 aliphatic carbocycles. The number of benzene rings is 1. The maximum absolute atomic E-state index is 12.0. The molecule has 1 aliphatic heterocycles. The average Bonchev–Trinajstić information content (AvgIpc) is 2.75. The van der Waals surface area contributed by atoms with E-state index in [0.717, 1.165) is 0 Å². The van der Waals surface area contributed by atoms with Crippen LogP contribution in [0.15, 0.2) is 18.2 Å². The number of halogens is 2. The fraction of sp³-hybridized carbons (Fsp3) is 0.385. The first kappa shape index (κ1) is 14.2. The highest BCUT2D eigenvalue weighted by molar-refractivity contribution is 6.44. The van der Waals surface area contributed by atoms with E-state index in [2.05, 4.69) is 0 Å². The second-order valence-corrected chi connectivity index (χ2v) is 5.02. The SMILES string of the molecule is CCOC(=O)[C@@H]1CC(=O)N(c2cccc(Cl)c2Cl)C1. The Kier molecular flexibility index (Phi) is 4.32. The van der Waals surface area contributed by atoms with Gasteiger partial charge < -0.3 is 9.64 Å². The Bertz CT molecular complexity index is 519. The number of nitrogens with zero attached hydrogens (tertiary/aromatic N) is 1. The molecule has 4 nitrogen and oxygen atoms in total. The van der Waals surface area contributed by atoms with Crippen LogP contribution >= 0.6 is 23.2 Å². The Morgan fingerprint density at radius 3 is 2.89 bits per heavy atom. The summed E-state index contributed by atoms with van der Waals surface area (Å²) in [7, 11) is 0. The van der Waals surface area contributed by atoms with Crippen LogP contribution in [0.4, 0.5) is 5.69 Å². The van der Waals surface area contributed by atoms with Gasteiger partial charge in [0.25, 0.3) is 0 Å². The van der Waals surface area contributed by atoms with Crippen LogP contribution in [0.25, 0.3) is 0 Å². The summed E-state index contributed by atoms with van der Waals surface area (Å²) >= 11 is 12.0. The minimum Gasteiger partial charge on any atom is -0.466 e. The summed E-state index contributed by atoms with van der Waals surface area (Å²) in [5.41, 5.74) is 0.533. The lowest BCUT2D eigenvalue weighted by molar-refractivity contribution is -0.147. The van der Waals surface area contributed by atoms with Crippen molar-refractivity contribution in [3.8, 4) is 0 Å². The molecule has 1 saturated heterocycles. The van der Waals surface area contributed by atoms with Gasteiger partial charge >= 0.3 is 5.97 Å². The molecule has 1 aromatic rings. The van der Waals surface area contributed by atoms with Gasteiger partial charge in [-0.3, -0.25) is 9.59 Å². The number of amides is 1. The van der Waals surface area contributed by atoms with Crippen LogP contribution in [0.2, 0.25) is 10.0 Å². The van der Waals surface area contributed by atoms with Crippen LogP contribution in [0, 0.1) is 5.92 Å². The Labute approximate surface area is 121 Å². The summed E-state index contributed by atoms with van der Waals surface area (Å²) < 4.78 is 4.94. The molecule has 1 fully saturated rings. The highest BCUT2D eigenvalue weighted by Crippen LogP contribution is 2.35. The van der Waals surface area contributed by atoms with Gasteiger partial charge in [0, 0.05) is 13.0 Å². The zero-order chi connectivity index (χ0) is 14.0. The predicted octanol–water partition coefficient (Wildman–Crippen LogP) is 2.91. The molecule has 19 heavy (non-hydrogen) atoms. The van der Waals surface area contributed by atoms with Gasteiger partial charge in [0.15, 0.2) is 0 Å². The molecule has 0 aromatic heterocycles. The quantitative estimate of drug-likeness (QED) is 0.807. The Morgan fingerprint density at radius 1 is 1.47 bits per heavy atom. The van der Waals surface area contributed by atoms with Crippen LogP contribution < -0.4 is 4.90 Å². The zero-order valence-electron chi connectivity index (χ0n) is 10.4. The van der Waals surface area contributed by atoms with E-state index >= 15 is 0 Å². The van der Waals surface area contributed by atoms with Crippen molar-refractivity contribution in [2.75, 3.05) is 18.1 Å². The number of hydrogen-bond donors (Lipinski definition) is 0. The van der Waals surface area contributed by atoms with Gasteiger partial charge in [-0.2, -0.15) is 0 Å². The minimum atomic E-state index is -0.442. The van der Waals surface area contributed by atoms with Crippen LogP contribution in [0.3, 0.4) is 0 Å². The molecule has 0 N–H and O–H groups in total. The second-order valence-electron chi connectivity index (χ2n) is 4.23. The normalized spacial score (nSPS) is 18.8. The molecule has 1 atom stereocenters. The lowest BCUT2D eigenvalue weighted by Gasteiger charge is -2.18. The van der Waals surface area contributed by atoms with Crippen molar-refractivity contribution in [2.24, 2.45) is 5.92 Å². The molecular formula is C13H13Cl2NO3. The molecule has 0 saturated carbocycles. The van der Waals surface area contributed by atoms with Gasteiger partial charge in [0.2, 0.25) is 5.91 Å². The number of rotatable bonds is 3. The van der Waals surface area contributed by atoms with Crippen molar-refractivity contribution < 1.29 is 14.3 Å². The van der Waals surface area contributed by atoms with E-state index in [-0.39, 0.29) is 24.8 Å². The first-order valence-electron chi connectivity index (χ1n) is 5.95. The number of carbonyl (C=O) groups is 2. The number of esters is 1. The van der Waals surface area contributed by atoms with E-state index in [4.69, 9.17) is 27.9 Å². The smallest absolute Gasteiger partial charge is 0.311 e. The molecule has 1 amide bonds. The predicted molar refractivity (Wildman–Crippen MR) is 73.6 cm³/mol. The van der Waals surface area contributed by atoms with Crippen LogP contribution in [-0.2, 0) is 14.3 Å². The van der Waals surface area contributed by atoms with E-state index in [9.17, 15) is 9.59 Å². The van der Waals surface area contributed by atoms with Gasteiger partial charge in [0.05, 0.1) is 28.3 Å². The van der Waals surface area contributed by atoms with E-state index in [0.29, 0.717) is 22.3 Å². The van der Waals surface area contributed by atoms with Crippen molar-refractivity contribution in [1.29, 1.82) is 0 Å². The van der Waals surface area contributed by atoms with Crippen molar-refractivity contribution in [3.05, 3.63) is 28.2 Å². The molecule has 0 spiro atoms. The fourth-order valence-electron chi connectivity index (χ4n) is 2.06. The standard InChI is InChI=1S/C13H13Cl2NO3/c1-2-19-13(18)8-6-11(17)16(7-8)10-5-3-4-9(14)12(10)15/h3-5,8H,2,6-7H2,1H3/t8-/m1/s1. The Balaban J connectivity index is 2.20. The number of carbonyl (C=O) groups excluding carboxylic acids is 2. The van der Waals surface area contributed by atoms with Gasteiger partial charge in [-0.15, -0.1) is 0 Å². The lowest BCUT2D eigenvalue weighted by Crippen LogP contribution is -2.26. The van der Waals surface area contributed by atoms with Gasteiger partial charge in [-0.05, 0) is 19.1 Å². The molecule has 1 aromatic carbocycles. The fourth-order valence-corrected chi connectivity index (χ4v) is 2.46. The summed E-state index contributed by atoms with van der Waals surface area (Å²) in [4.78, 5) is 25.1. The summed E-state index contributed by atoms with van der Waals surface area (Å²) in [6.07, 6.45) is 0.141. The maximum Gasteiger partial charge on any atom is 0.311 e. The molecule has 1 aliphatic rings. The Morgan fingerprint density at radius 2 is 2.21 bits per heavy atom. The summed E-state index contributed by atoms with van der Waals surface area (Å²) in [6, 6.07) is 5.07. The first-order chi connectivity index (χ1) is 9.04. The highest BCUT2D eigenvalue weighted by atomic mass is 35.5. The van der Waals surface area contributed by atoms with Crippen molar-refractivity contribution in [1.82, 2.24) is 0 Å². The van der Waals surface area contributed by atoms with E-state index in [1.165, 1.54) is 4.90 Å². The molecular weight excluding hydrogens is 289 g/mol. The van der Waals surface area contributed by atoms with Gasteiger partial charge in [-0.25, -0.2) is 0 Å². The third-order valence-electron chi connectivity index (χ3n) is 2.97. The molecule has 102 valence electrons. The summed E-state index contributed by atoms with van der Waals surface area (Å²) in [6.45, 7) is 2.32.